The summed E-state index contributed by atoms with van der Waals surface area (Å²) in [5, 5.41) is 2.72. The van der Waals surface area contributed by atoms with Gasteiger partial charge in [0.2, 0.25) is 5.91 Å². The van der Waals surface area contributed by atoms with Gasteiger partial charge in [0.15, 0.2) is 0 Å². The molecule has 2 amide bonds. The molecule has 0 aromatic rings. The van der Waals surface area contributed by atoms with E-state index >= 15 is 0 Å². The van der Waals surface area contributed by atoms with E-state index in [0.29, 0.717) is 13.1 Å². The zero-order valence-electron chi connectivity index (χ0n) is 13.9. The molecule has 0 aliphatic rings. The van der Waals surface area contributed by atoms with Crippen LogP contribution in [0.1, 0.15) is 54.9 Å². The molecule has 1 N–H and O–H groups in total. The average molecular weight is 286 g/mol. The molecule has 0 aliphatic carbocycles. The lowest BCUT2D eigenvalue weighted by Crippen LogP contribution is -2.52. The number of alkyl carbamates (subject to hydrolysis) is 1. The van der Waals surface area contributed by atoms with Crippen LogP contribution in [-0.4, -0.2) is 41.6 Å². The van der Waals surface area contributed by atoms with Gasteiger partial charge >= 0.3 is 6.09 Å². The smallest absolute Gasteiger partial charge is 0.408 e. The minimum atomic E-state index is -0.567. The lowest BCUT2D eigenvalue weighted by molar-refractivity contribution is -0.134. The first-order chi connectivity index (χ1) is 9.16. The molecule has 2 unspecified atom stereocenters. The highest BCUT2D eigenvalue weighted by Gasteiger charge is 2.30. The number of hydrogen-bond donors (Lipinski definition) is 1. The molecule has 2 atom stereocenters. The van der Waals surface area contributed by atoms with Gasteiger partial charge in [0.25, 0.3) is 0 Å². The van der Waals surface area contributed by atoms with Crippen molar-refractivity contribution in [3.8, 4) is 0 Å². The Balaban J connectivity index is 4.90. The molecule has 118 valence electrons. The second-order valence-corrected chi connectivity index (χ2v) is 6.02. The number of hydrogen-bond acceptors (Lipinski definition) is 3. The summed E-state index contributed by atoms with van der Waals surface area (Å²) in [6.45, 7) is 14.5. The predicted octanol–water partition coefficient (Wildman–Crippen LogP) is 2.79. The third kappa shape index (κ3) is 6.26. The van der Waals surface area contributed by atoms with E-state index in [1.165, 1.54) is 0 Å². The number of amides is 2. The fraction of sp³-hybridized carbons (Fsp3) is 0.867. The van der Waals surface area contributed by atoms with Gasteiger partial charge in [0.1, 0.15) is 11.6 Å². The van der Waals surface area contributed by atoms with Crippen molar-refractivity contribution < 1.29 is 14.3 Å². The summed E-state index contributed by atoms with van der Waals surface area (Å²) in [5.41, 5.74) is -0.567. The first-order valence-electron chi connectivity index (χ1n) is 7.44. The van der Waals surface area contributed by atoms with Crippen molar-refractivity contribution in [3.05, 3.63) is 0 Å². The normalized spacial score (nSPS) is 14.3. The molecule has 0 bridgehead atoms. The van der Waals surface area contributed by atoms with E-state index in [0.717, 1.165) is 6.42 Å². The molecule has 0 radical (unpaired) electrons. The van der Waals surface area contributed by atoms with Gasteiger partial charge in [-0.05, 0) is 40.5 Å². The van der Waals surface area contributed by atoms with Crippen LogP contribution in [0.2, 0.25) is 0 Å². The molecular formula is C15H30N2O3. The summed E-state index contributed by atoms with van der Waals surface area (Å²) in [4.78, 5) is 26.1. The molecule has 0 rings (SSSR count). The molecule has 0 saturated carbocycles. The van der Waals surface area contributed by atoms with Crippen molar-refractivity contribution in [2.75, 3.05) is 13.1 Å². The fourth-order valence-electron chi connectivity index (χ4n) is 1.85. The second kappa shape index (κ2) is 8.12. The Morgan fingerprint density at radius 3 is 2.00 bits per heavy atom. The molecule has 5 nitrogen and oxygen atoms in total. The van der Waals surface area contributed by atoms with E-state index in [9.17, 15) is 9.59 Å². The number of nitrogens with one attached hydrogen (secondary N) is 1. The summed E-state index contributed by atoms with van der Waals surface area (Å²) < 4.78 is 5.24. The maximum Gasteiger partial charge on any atom is 0.408 e. The quantitative estimate of drug-likeness (QED) is 0.817. The third-order valence-electron chi connectivity index (χ3n) is 3.23. The summed E-state index contributed by atoms with van der Waals surface area (Å²) in [7, 11) is 0. The Morgan fingerprint density at radius 2 is 1.65 bits per heavy atom. The number of likely N-dealkylation sites (N-methyl/N-ethyl adjacent to an activating group) is 1. The van der Waals surface area contributed by atoms with Gasteiger partial charge in [-0.25, -0.2) is 4.79 Å². The summed E-state index contributed by atoms with van der Waals surface area (Å²) in [6, 6.07) is -0.533. The molecule has 0 fully saturated rings. The van der Waals surface area contributed by atoms with Crippen molar-refractivity contribution in [1.82, 2.24) is 10.2 Å². The van der Waals surface area contributed by atoms with Gasteiger partial charge in [0.05, 0.1) is 0 Å². The Hall–Kier alpha value is -1.26. The van der Waals surface area contributed by atoms with Crippen LogP contribution in [0.15, 0.2) is 0 Å². The predicted molar refractivity (Wildman–Crippen MR) is 80.5 cm³/mol. The Kier molecular flexibility index (Phi) is 7.61. The van der Waals surface area contributed by atoms with Crippen LogP contribution >= 0.6 is 0 Å². The number of rotatable bonds is 6. The monoisotopic (exact) mass is 286 g/mol. The minimum Gasteiger partial charge on any atom is -0.444 e. The maximum absolute atomic E-state index is 12.5. The van der Waals surface area contributed by atoms with Gasteiger partial charge in [-0.1, -0.05) is 20.3 Å². The van der Waals surface area contributed by atoms with E-state index in [2.05, 4.69) is 5.32 Å². The Bertz CT molecular complexity index is 320. The van der Waals surface area contributed by atoms with E-state index in [1.807, 2.05) is 27.7 Å². The van der Waals surface area contributed by atoms with Gasteiger partial charge in [0, 0.05) is 13.1 Å². The van der Waals surface area contributed by atoms with Crippen LogP contribution in [0.25, 0.3) is 0 Å². The largest absolute Gasteiger partial charge is 0.444 e. The standard InChI is InChI=1S/C15H30N2O3/c1-8-11(4)12(13(18)17(9-2)10-3)16-14(19)20-15(5,6)7/h11-12H,8-10H2,1-7H3,(H,16,19). The van der Waals surface area contributed by atoms with E-state index in [4.69, 9.17) is 4.74 Å². The van der Waals surface area contributed by atoms with Crippen molar-refractivity contribution in [2.24, 2.45) is 5.92 Å². The van der Waals surface area contributed by atoms with Crippen molar-refractivity contribution in [3.63, 3.8) is 0 Å². The van der Waals surface area contributed by atoms with E-state index < -0.39 is 17.7 Å². The molecule has 20 heavy (non-hydrogen) atoms. The van der Waals surface area contributed by atoms with E-state index in [1.54, 1.807) is 25.7 Å². The van der Waals surface area contributed by atoms with Gasteiger partial charge in [-0.3, -0.25) is 4.79 Å². The molecule has 0 heterocycles. The SMILES string of the molecule is CCC(C)C(NC(=O)OC(C)(C)C)C(=O)N(CC)CC. The van der Waals surface area contributed by atoms with Crippen molar-refractivity contribution in [1.29, 1.82) is 0 Å². The highest BCUT2D eigenvalue weighted by molar-refractivity contribution is 5.86. The summed E-state index contributed by atoms with van der Waals surface area (Å²) in [5.74, 6) is 0.0193. The molecular weight excluding hydrogens is 256 g/mol. The molecule has 0 saturated heterocycles. The highest BCUT2D eigenvalue weighted by Crippen LogP contribution is 2.13. The maximum atomic E-state index is 12.5. The van der Waals surface area contributed by atoms with Crippen LogP contribution in [-0.2, 0) is 9.53 Å². The first kappa shape index (κ1) is 18.7. The molecule has 0 aromatic carbocycles. The van der Waals surface area contributed by atoms with Crippen molar-refractivity contribution >= 4 is 12.0 Å². The van der Waals surface area contributed by atoms with E-state index in [-0.39, 0.29) is 11.8 Å². The van der Waals surface area contributed by atoms with Crippen LogP contribution in [0, 0.1) is 5.92 Å². The number of ether oxygens (including phenoxy) is 1. The average Bonchev–Trinajstić information content (AvgIpc) is 2.34. The van der Waals surface area contributed by atoms with Crippen LogP contribution in [0.3, 0.4) is 0 Å². The zero-order chi connectivity index (χ0) is 15.9. The zero-order valence-corrected chi connectivity index (χ0v) is 13.9. The Morgan fingerprint density at radius 1 is 1.15 bits per heavy atom. The summed E-state index contributed by atoms with van der Waals surface area (Å²) >= 11 is 0. The van der Waals surface area contributed by atoms with Gasteiger partial charge < -0.3 is 15.0 Å². The lowest BCUT2D eigenvalue weighted by Gasteiger charge is -2.30. The molecule has 5 heteroatoms. The number of carbonyl (C=O) groups is 2. The number of carbonyl (C=O) groups excluding carboxylic acids is 2. The Labute approximate surface area is 123 Å². The highest BCUT2D eigenvalue weighted by atomic mass is 16.6. The molecule has 0 spiro atoms. The molecule has 0 aliphatic heterocycles. The molecule has 0 aromatic heterocycles. The fourth-order valence-corrected chi connectivity index (χ4v) is 1.85. The third-order valence-corrected chi connectivity index (χ3v) is 3.23. The lowest BCUT2D eigenvalue weighted by atomic mass is 9.98. The van der Waals surface area contributed by atoms with Crippen LogP contribution < -0.4 is 5.32 Å². The number of nitrogens with zero attached hydrogens (tertiary/aromatic N) is 1. The minimum absolute atomic E-state index is 0.0461. The summed E-state index contributed by atoms with van der Waals surface area (Å²) in [6.07, 6.45) is 0.274. The second-order valence-electron chi connectivity index (χ2n) is 6.02. The topological polar surface area (TPSA) is 58.6 Å². The van der Waals surface area contributed by atoms with Crippen LogP contribution in [0.5, 0.6) is 0 Å². The van der Waals surface area contributed by atoms with Crippen LogP contribution in [0.4, 0.5) is 4.79 Å². The van der Waals surface area contributed by atoms with Gasteiger partial charge in [-0.15, -0.1) is 0 Å². The van der Waals surface area contributed by atoms with Crippen molar-refractivity contribution in [2.45, 2.75) is 66.5 Å². The van der Waals surface area contributed by atoms with Gasteiger partial charge in [-0.2, -0.15) is 0 Å². The first-order valence-corrected chi connectivity index (χ1v) is 7.44.